The summed E-state index contributed by atoms with van der Waals surface area (Å²) in [7, 11) is 0. The highest BCUT2D eigenvalue weighted by Gasteiger charge is 2.74. The number of aliphatic hydroxyl groups excluding tert-OH is 1. The molecule has 3 aliphatic rings. The van der Waals surface area contributed by atoms with Crippen LogP contribution in [0, 0.1) is 11.8 Å². The molecule has 36 heavy (non-hydrogen) atoms. The first-order chi connectivity index (χ1) is 17.4. The molecule has 2 bridgehead atoms. The molecule has 3 fully saturated rings. The highest BCUT2D eigenvalue weighted by Crippen LogP contribution is 2.59. The summed E-state index contributed by atoms with van der Waals surface area (Å²) in [4.78, 5) is 47.0. The summed E-state index contributed by atoms with van der Waals surface area (Å²) in [5.41, 5.74) is -0.978. The second-order valence-electron chi connectivity index (χ2n) is 10.4. The van der Waals surface area contributed by atoms with Crippen molar-refractivity contribution in [2.24, 2.45) is 11.8 Å². The molecule has 0 aromatic carbocycles. The zero-order valence-corrected chi connectivity index (χ0v) is 22.2. The number of hydrogen-bond donors (Lipinski definition) is 1. The van der Waals surface area contributed by atoms with E-state index < -0.39 is 23.5 Å². The molecule has 3 aliphatic heterocycles. The lowest BCUT2D eigenvalue weighted by Crippen LogP contribution is -2.56. The van der Waals surface area contributed by atoms with Crippen molar-refractivity contribution in [3.63, 3.8) is 0 Å². The third-order valence-electron chi connectivity index (χ3n) is 7.97. The first-order valence-electron chi connectivity index (χ1n) is 13.8. The van der Waals surface area contributed by atoms with E-state index in [9.17, 15) is 19.5 Å². The molecule has 0 saturated carbocycles. The molecule has 1 spiro atoms. The van der Waals surface area contributed by atoms with E-state index in [1.165, 1.54) is 0 Å². The van der Waals surface area contributed by atoms with E-state index in [1.807, 2.05) is 6.92 Å². The van der Waals surface area contributed by atoms with Gasteiger partial charge in [-0.3, -0.25) is 14.4 Å². The van der Waals surface area contributed by atoms with Gasteiger partial charge < -0.3 is 24.5 Å². The van der Waals surface area contributed by atoms with E-state index in [1.54, 1.807) is 26.9 Å². The number of aliphatic hydroxyl groups is 1. The maximum atomic E-state index is 14.1. The fraction of sp³-hybridized carbons (Fsp3) is 0.750. The number of rotatable bonds is 16. The Morgan fingerprint density at radius 3 is 2.36 bits per heavy atom. The lowest BCUT2D eigenvalue weighted by Gasteiger charge is -2.37. The second kappa shape index (κ2) is 12.9. The van der Waals surface area contributed by atoms with Crippen molar-refractivity contribution >= 4 is 17.7 Å². The molecule has 0 radical (unpaired) electrons. The number of carbonyl (C=O) groups excluding carboxylic acids is 3. The third kappa shape index (κ3) is 5.25. The van der Waals surface area contributed by atoms with Gasteiger partial charge in [0, 0.05) is 39.3 Å². The quantitative estimate of drug-likeness (QED) is 0.258. The lowest BCUT2D eigenvalue weighted by molar-refractivity contribution is -0.148. The number of likely N-dealkylation sites (tertiary alicyclic amines) is 1. The summed E-state index contributed by atoms with van der Waals surface area (Å²) >= 11 is 0. The second-order valence-corrected chi connectivity index (χ2v) is 10.4. The average Bonchev–Trinajstić information content (AvgIpc) is 3.50. The van der Waals surface area contributed by atoms with E-state index in [0.29, 0.717) is 58.4 Å². The number of hydrogen-bond acceptors (Lipinski definition) is 5. The van der Waals surface area contributed by atoms with Gasteiger partial charge in [0.1, 0.15) is 11.6 Å². The molecular formula is C28H45N3O5. The molecule has 3 saturated heterocycles. The standard InChI is InChI=1S/C28H45N3O5/c1-5-9-10-18-30(17-8-4)27(35)24-28-14-13-21(36-28)22(25(33)29(15-6-2)16-7-3)23(28)26(34)31(24)19-11-12-20-32/h6,8,21-24,32H,2,4-5,7,9-20H2,1,3H3/t21-,22+,23-,24?,28?/m0/s1. The van der Waals surface area contributed by atoms with Crippen molar-refractivity contribution in [1.29, 1.82) is 0 Å². The Morgan fingerprint density at radius 1 is 1.06 bits per heavy atom. The van der Waals surface area contributed by atoms with E-state index in [2.05, 4.69) is 20.1 Å². The fourth-order valence-electron chi connectivity index (χ4n) is 6.45. The summed E-state index contributed by atoms with van der Waals surface area (Å²) in [5, 5.41) is 9.33. The van der Waals surface area contributed by atoms with Gasteiger partial charge in [0.25, 0.3) is 0 Å². The number of amides is 3. The molecule has 1 N–H and O–H groups in total. The monoisotopic (exact) mass is 503 g/mol. The molecule has 3 heterocycles. The number of unbranched alkanes of at least 4 members (excludes halogenated alkanes) is 3. The van der Waals surface area contributed by atoms with Crippen LogP contribution < -0.4 is 0 Å². The van der Waals surface area contributed by atoms with Crippen LogP contribution in [0.5, 0.6) is 0 Å². The molecular weight excluding hydrogens is 458 g/mol. The Kier molecular flexibility index (Phi) is 10.1. The van der Waals surface area contributed by atoms with Crippen LogP contribution in [-0.4, -0.2) is 94.6 Å². The van der Waals surface area contributed by atoms with Crippen molar-refractivity contribution in [2.75, 3.05) is 39.3 Å². The van der Waals surface area contributed by atoms with Crippen LogP contribution in [0.1, 0.15) is 65.2 Å². The van der Waals surface area contributed by atoms with Crippen molar-refractivity contribution in [2.45, 2.75) is 83.0 Å². The van der Waals surface area contributed by atoms with Gasteiger partial charge in [0.15, 0.2) is 0 Å². The van der Waals surface area contributed by atoms with Gasteiger partial charge in [-0.2, -0.15) is 0 Å². The highest BCUT2D eigenvalue weighted by molar-refractivity contribution is 5.99. The van der Waals surface area contributed by atoms with E-state index in [4.69, 9.17) is 4.74 Å². The average molecular weight is 504 g/mol. The molecule has 0 aromatic rings. The fourth-order valence-corrected chi connectivity index (χ4v) is 6.45. The maximum absolute atomic E-state index is 14.1. The third-order valence-corrected chi connectivity index (χ3v) is 7.97. The van der Waals surface area contributed by atoms with Crippen molar-refractivity contribution in [3.05, 3.63) is 25.3 Å². The Bertz CT molecular complexity index is 817. The zero-order chi connectivity index (χ0) is 26.3. The van der Waals surface area contributed by atoms with Gasteiger partial charge in [-0.05, 0) is 38.5 Å². The molecule has 202 valence electrons. The van der Waals surface area contributed by atoms with Gasteiger partial charge in [0.05, 0.1) is 17.9 Å². The van der Waals surface area contributed by atoms with Crippen molar-refractivity contribution < 1.29 is 24.2 Å². The molecule has 5 atom stereocenters. The van der Waals surface area contributed by atoms with Crippen LogP contribution >= 0.6 is 0 Å². The highest BCUT2D eigenvalue weighted by atomic mass is 16.5. The number of carbonyl (C=O) groups is 3. The van der Waals surface area contributed by atoms with Gasteiger partial charge in [0.2, 0.25) is 17.7 Å². The summed E-state index contributed by atoms with van der Waals surface area (Å²) in [6.45, 7) is 14.2. The summed E-state index contributed by atoms with van der Waals surface area (Å²) < 4.78 is 6.56. The summed E-state index contributed by atoms with van der Waals surface area (Å²) in [5.74, 6) is -1.58. The van der Waals surface area contributed by atoms with Gasteiger partial charge in [-0.15, -0.1) is 13.2 Å². The molecule has 2 unspecified atom stereocenters. The summed E-state index contributed by atoms with van der Waals surface area (Å²) in [6.07, 6.45) is 9.25. The Hall–Kier alpha value is -2.19. The first-order valence-corrected chi connectivity index (χ1v) is 13.8. The van der Waals surface area contributed by atoms with Gasteiger partial charge in [-0.1, -0.05) is 38.8 Å². The number of ether oxygens (including phenoxy) is 1. The van der Waals surface area contributed by atoms with Crippen LogP contribution in [0.15, 0.2) is 25.3 Å². The van der Waals surface area contributed by atoms with Crippen LogP contribution in [0.4, 0.5) is 0 Å². The normalized spacial score (nSPS) is 28.3. The number of fused-ring (bicyclic) bond motifs is 1. The van der Waals surface area contributed by atoms with Crippen LogP contribution in [0.25, 0.3) is 0 Å². The van der Waals surface area contributed by atoms with Crippen LogP contribution in [-0.2, 0) is 19.1 Å². The molecule has 0 aromatic heterocycles. The smallest absolute Gasteiger partial charge is 0.248 e. The number of nitrogens with zero attached hydrogens (tertiary/aromatic N) is 3. The Morgan fingerprint density at radius 2 is 1.75 bits per heavy atom. The maximum Gasteiger partial charge on any atom is 0.248 e. The van der Waals surface area contributed by atoms with Gasteiger partial charge in [-0.25, -0.2) is 0 Å². The van der Waals surface area contributed by atoms with Crippen LogP contribution in [0.2, 0.25) is 0 Å². The minimum Gasteiger partial charge on any atom is -0.396 e. The Balaban J connectivity index is 1.96. The molecule has 3 amide bonds. The van der Waals surface area contributed by atoms with E-state index in [0.717, 1.165) is 25.7 Å². The SMILES string of the molecule is C=CCN(CCCCC)C(=O)C1N(CCCCO)C(=O)[C@@H]2[C@H](C(=O)N(CC=C)CCC)[C@@H]3CCC12O3. The van der Waals surface area contributed by atoms with Crippen molar-refractivity contribution in [1.82, 2.24) is 14.7 Å². The molecule has 0 aliphatic carbocycles. The Labute approximate surface area is 216 Å². The van der Waals surface area contributed by atoms with E-state index >= 15 is 0 Å². The zero-order valence-electron chi connectivity index (χ0n) is 22.2. The topological polar surface area (TPSA) is 90.4 Å². The predicted octanol–water partition coefficient (Wildman–Crippen LogP) is 2.76. The van der Waals surface area contributed by atoms with Crippen molar-refractivity contribution in [3.8, 4) is 0 Å². The van der Waals surface area contributed by atoms with Crippen LogP contribution in [0.3, 0.4) is 0 Å². The van der Waals surface area contributed by atoms with E-state index in [-0.39, 0.29) is 30.4 Å². The first kappa shape index (κ1) is 28.4. The molecule has 8 heteroatoms. The molecule has 3 rings (SSSR count). The lowest BCUT2D eigenvalue weighted by atomic mass is 9.70. The molecule has 8 nitrogen and oxygen atoms in total. The minimum absolute atomic E-state index is 0.0298. The minimum atomic E-state index is -0.978. The summed E-state index contributed by atoms with van der Waals surface area (Å²) in [6, 6.07) is -0.753. The largest absolute Gasteiger partial charge is 0.396 e. The predicted molar refractivity (Wildman–Crippen MR) is 139 cm³/mol. The van der Waals surface area contributed by atoms with Gasteiger partial charge >= 0.3 is 0 Å².